The first-order valence-corrected chi connectivity index (χ1v) is 8.07. The van der Waals surface area contributed by atoms with Gasteiger partial charge in [0, 0.05) is 12.5 Å². The van der Waals surface area contributed by atoms with Crippen LogP contribution in [0.15, 0.2) is 43.0 Å². The summed E-state index contributed by atoms with van der Waals surface area (Å²) in [4.78, 5) is 0. The first-order valence-electron chi connectivity index (χ1n) is 8.07. The minimum absolute atomic E-state index is 0.269. The summed E-state index contributed by atoms with van der Waals surface area (Å²) >= 11 is 0. The number of rotatable bonds is 9. The molecule has 0 aromatic heterocycles. The quantitative estimate of drug-likeness (QED) is 0.499. The van der Waals surface area contributed by atoms with E-state index in [-0.39, 0.29) is 5.41 Å². The van der Waals surface area contributed by atoms with Crippen LogP contribution in [-0.4, -0.2) is 11.7 Å². The van der Waals surface area contributed by atoms with Crippen molar-refractivity contribution >= 4 is 0 Å². The lowest BCUT2D eigenvalue weighted by molar-refractivity contribution is 0.233. The highest BCUT2D eigenvalue weighted by molar-refractivity contribution is 5.30. The van der Waals surface area contributed by atoms with Crippen LogP contribution in [0, 0.1) is 11.3 Å². The van der Waals surface area contributed by atoms with Gasteiger partial charge in [-0.3, -0.25) is 0 Å². The number of aliphatic hydroxyl groups excluding tert-OH is 1. The molecule has 0 heterocycles. The summed E-state index contributed by atoms with van der Waals surface area (Å²) in [5.74, 6) is 0.856. The van der Waals surface area contributed by atoms with Crippen LogP contribution in [0.4, 0.5) is 0 Å². The van der Waals surface area contributed by atoms with Gasteiger partial charge < -0.3 is 5.11 Å². The Labute approximate surface area is 123 Å². The van der Waals surface area contributed by atoms with Gasteiger partial charge >= 0.3 is 0 Å². The van der Waals surface area contributed by atoms with Gasteiger partial charge in [0.1, 0.15) is 0 Å². The maximum absolute atomic E-state index is 9.60. The Bertz CT molecular complexity index is 411. The highest BCUT2D eigenvalue weighted by atomic mass is 16.3. The second kappa shape index (κ2) is 7.08. The van der Waals surface area contributed by atoms with Gasteiger partial charge in [0.25, 0.3) is 0 Å². The van der Waals surface area contributed by atoms with Crippen molar-refractivity contribution in [1.82, 2.24) is 0 Å². The van der Waals surface area contributed by atoms with Crippen LogP contribution >= 0.6 is 0 Å². The molecule has 2 rings (SSSR count). The summed E-state index contributed by atoms with van der Waals surface area (Å²) in [6, 6.07) is 10.7. The standard InChI is InChI=1S/C19H28O/c1-3-5-6-10-13-19(14-17(19)15-20)18(4-2)16-11-8-7-9-12-16/h4,7-9,11-12,17-18,20H,2-3,5-6,10,13-15H2,1H3/t17-,18?,19-/m1/s1. The van der Waals surface area contributed by atoms with E-state index in [9.17, 15) is 5.11 Å². The summed E-state index contributed by atoms with van der Waals surface area (Å²) in [6.45, 7) is 6.65. The second-order valence-electron chi connectivity index (χ2n) is 6.25. The molecule has 0 bridgehead atoms. The molecule has 3 atom stereocenters. The Kier molecular flexibility index (Phi) is 5.42. The lowest BCUT2D eigenvalue weighted by atomic mass is 9.78. The first kappa shape index (κ1) is 15.3. The predicted molar refractivity (Wildman–Crippen MR) is 85.8 cm³/mol. The molecule has 1 unspecified atom stereocenters. The molecule has 1 aliphatic carbocycles. The van der Waals surface area contributed by atoms with Gasteiger partial charge in [-0.05, 0) is 29.7 Å². The van der Waals surface area contributed by atoms with Crippen LogP contribution in [0.25, 0.3) is 0 Å². The Hall–Kier alpha value is -1.08. The van der Waals surface area contributed by atoms with E-state index in [0.29, 0.717) is 18.4 Å². The van der Waals surface area contributed by atoms with Gasteiger partial charge in [0.15, 0.2) is 0 Å². The lowest BCUT2D eigenvalue weighted by Crippen LogP contribution is -2.16. The predicted octanol–water partition coefficient (Wildman–Crippen LogP) is 4.93. The van der Waals surface area contributed by atoms with Crippen LogP contribution in [-0.2, 0) is 0 Å². The molecule has 1 N–H and O–H groups in total. The normalized spacial score (nSPS) is 26.2. The summed E-state index contributed by atoms with van der Waals surface area (Å²) in [7, 11) is 0. The van der Waals surface area contributed by atoms with Crippen molar-refractivity contribution in [2.24, 2.45) is 11.3 Å². The zero-order chi connectivity index (χ0) is 14.4. The van der Waals surface area contributed by atoms with Crippen molar-refractivity contribution in [3.8, 4) is 0 Å². The van der Waals surface area contributed by atoms with E-state index < -0.39 is 0 Å². The maximum atomic E-state index is 9.60. The van der Waals surface area contributed by atoms with E-state index >= 15 is 0 Å². The number of allylic oxidation sites excluding steroid dienone is 1. The molecule has 1 nitrogen and oxygen atoms in total. The molecule has 1 aromatic carbocycles. The molecule has 0 aliphatic heterocycles. The SMILES string of the molecule is C=CC(c1ccccc1)[C@]1(CCCCCC)C[C@@H]1CO. The molecule has 1 saturated carbocycles. The third-order valence-electron chi connectivity index (χ3n) is 5.01. The summed E-state index contributed by atoms with van der Waals surface area (Å²) < 4.78 is 0. The molecule has 0 saturated heterocycles. The Morgan fingerprint density at radius 1 is 1.30 bits per heavy atom. The van der Waals surface area contributed by atoms with E-state index in [1.54, 1.807) is 0 Å². The first-order chi connectivity index (χ1) is 9.78. The van der Waals surface area contributed by atoms with Crippen molar-refractivity contribution in [2.75, 3.05) is 6.61 Å². The van der Waals surface area contributed by atoms with Crippen LogP contribution < -0.4 is 0 Å². The fourth-order valence-corrected chi connectivity index (χ4v) is 3.73. The molecule has 0 radical (unpaired) electrons. The van der Waals surface area contributed by atoms with Crippen molar-refractivity contribution in [3.63, 3.8) is 0 Å². The molecule has 1 heteroatoms. The highest BCUT2D eigenvalue weighted by Gasteiger charge is 2.56. The van der Waals surface area contributed by atoms with E-state index in [2.05, 4.69) is 49.9 Å². The molecular weight excluding hydrogens is 244 g/mol. The van der Waals surface area contributed by atoms with Crippen LogP contribution in [0.2, 0.25) is 0 Å². The third kappa shape index (κ3) is 3.15. The maximum Gasteiger partial charge on any atom is 0.0465 e. The van der Waals surface area contributed by atoms with Gasteiger partial charge in [-0.25, -0.2) is 0 Å². The summed E-state index contributed by atoms with van der Waals surface area (Å²) in [5, 5.41) is 9.60. The van der Waals surface area contributed by atoms with Crippen molar-refractivity contribution in [1.29, 1.82) is 0 Å². The number of unbranched alkanes of at least 4 members (excludes halogenated alkanes) is 3. The van der Waals surface area contributed by atoms with Crippen LogP contribution in [0.1, 0.15) is 56.9 Å². The molecule has 0 amide bonds. The number of hydrogen-bond acceptors (Lipinski definition) is 1. The fraction of sp³-hybridized carbons (Fsp3) is 0.579. The Morgan fingerprint density at radius 2 is 2.05 bits per heavy atom. The fourth-order valence-electron chi connectivity index (χ4n) is 3.73. The van der Waals surface area contributed by atoms with Crippen molar-refractivity contribution in [2.45, 2.75) is 51.4 Å². The molecule has 20 heavy (non-hydrogen) atoms. The minimum Gasteiger partial charge on any atom is -0.396 e. The minimum atomic E-state index is 0.269. The van der Waals surface area contributed by atoms with Gasteiger partial charge in [-0.1, -0.05) is 69.0 Å². The monoisotopic (exact) mass is 272 g/mol. The van der Waals surface area contributed by atoms with Crippen LogP contribution in [0.3, 0.4) is 0 Å². The van der Waals surface area contributed by atoms with Gasteiger partial charge in [-0.15, -0.1) is 6.58 Å². The number of aliphatic hydroxyl groups is 1. The average molecular weight is 272 g/mol. The zero-order valence-electron chi connectivity index (χ0n) is 12.7. The van der Waals surface area contributed by atoms with Crippen LogP contribution in [0.5, 0.6) is 0 Å². The van der Waals surface area contributed by atoms with Gasteiger partial charge in [-0.2, -0.15) is 0 Å². The molecule has 1 aromatic rings. The molecule has 1 aliphatic rings. The number of hydrogen-bond donors (Lipinski definition) is 1. The Morgan fingerprint density at radius 3 is 2.60 bits per heavy atom. The van der Waals surface area contributed by atoms with E-state index in [1.165, 1.54) is 37.7 Å². The van der Waals surface area contributed by atoms with Gasteiger partial charge in [0.2, 0.25) is 0 Å². The van der Waals surface area contributed by atoms with E-state index in [0.717, 1.165) is 6.42 Å². The highest BCUT2D eigenvalue weighted by Crippen LogP contribution is 2.64. The molecule has 0 spiro atoms. The van der Waals surface area contributed by atoms with E-state index in [4.69, 9.17) is 0 Å². The smallest absolute Gasteiger partial charge is 0.0465 e. The summed E-state index contributed by atoms with van der Waals surface area (Å²) in [6.07, 6.45) is 9.68. The zero-order valence-corrected chi connectivity index (χ0v) is 12.7. The lowest BCUT2D eigenvalue weighted by Gasteiger charge is -2.26. The van der Waals surface area contributed by atoms with Crippen molar-refractivity contribution < 1.29 is 5.11 Å². The second-order valence-corrected chi connectivity index (χ2v) is 6.25. The Balaban J connectivity index is 2.09. The molecular formula is C19H28O. The molecule has 110 valence electrons. The average Bonchev–Trinajstić information content (AvgIpc) is 3.20. The number of benzene rings is 1. The van der Waals surface area contributed by atoms with Gasteiger partial charge in [0.05, 0.1) is 0 Å². The third-order valence-corrected chi connectivity index (χ3v) is 5.01. The summed E-state index contributed by atoms with van der Waals surface area (Å²) in [5.41, 5.74) is 1.62. The topological polar surface area (TPSA) is 20.2 Å². The van der Waals surface area contributed by atoms with E-state index in [1.807, 2.05) is 0 Å². The van der Waals surface area contributed by atoms with Crippen molar-refractivity contribution in [3.05, 3.63) is 48.6 Å². The largest absolute Gasteiger partial charge is 0.396 e. The molecule has 1 fully saturated rings.